The zero-order valence-corrected chi connectivity index (χ0v) is 13.4. The Bertz CT molecular complexity index is 533. The van der Waals surface area contributed by atoms with Crippen LogP contribution in [0.4, 0.5) is 11.4 Å². The Labute approximate surface area is 136 Å². The van der Waals surface area contributed by atoms with Gasteiger partial charge >= 0.3 is 0 Å². The fraction of sp³-hybridized carbons (Fsp3) is 0.562. The van der Waals surface area contributed by atoms with Crippen LogP contribution in [0.5, 0.6) is 0 Å². The second-order valence-corrected chi connectivity index (χ2v) is 5.98. The van der Waals surface area contributed by atoms with Gasteiger partial charge in [-0.15, -0.1) is 0 Å². The Morgan fingerprint density at radius 2 is 2.13 bits per heavy atom. The van der Waals surface area contributed by atoms with Crippen molar-refractivity contribution in [2.45, 2.75) is 32.2 Å². The summed E-state index contributed by atoms with van der Waals surface area (Å²) in [7, 11) is 0. The molecule has 1 aliphatic rings. The molecule has 1 fully saturated rings. The van der Waals surface area contributed by atoms with Gasteiger partial charge in [0.2, 0.25) is 5.91 Å². The lowest BCUT2D eigenvalue weighted by atomic mass is 9.95. The first-order valence-corrected chi connectivity index (χ1v) is 8.04. The van der Waals surface area contributed by atoms with Gasteiger partial charge in [0.25, 0.3) is 5.69 Å². The monoisotopic (exact) mass is 320 g/mol. The number of carbonyl (C=O) groups excluding carboxylic acids is 1. The van der Waals surface area contributed by atoms with Gasteiger partial charge in [0.1, 0.15) is 0 Å². The van der Waals surface area contributed by atoms with Crippen LogP contribution in [0, 0.1) is 16.0 Å². The van der Waals surface area contributed by atoms with Crippen LogP contribution in [0.3, 0.4) is 0 Å². The number of rotatable bonds is 7. The van der Waals surface area contributed by atoms with E-state index in [1.807, 2.05) is 0 Å². The summed E-state index contributed by atoms with van der Waals surface area (Å²) in [5.74, 6) is 0.556. The largest absolute Gasteiger partial charge is 0.385 e. The minimum atomic E-state index is -0.421. The van der Waals surface area contributed by atoms with Crippen molar-refractivity contribution in [3.63, 3.8) is 0 Å². The molecule has 0 saturated carbocycles. The number of non-ortho nitro benzene ring substituents is 1. The average molecular weight is 320 g/mol. The summed E-state index contributed by atoms with van der Waals surface area (Å²) in [4.78, 5) is 22.1. The molecule has 0 aliphatic carbocycles. The highest BCUT2D eigenvalue weighted by Gasteiger charge is 2.22. The van der Waals surface area contributed by atoms with Gasteiger partial charge in [-0.25, -0.2) is 0 Å². The highest BCUT2D eigenvalue weighted by molar-refractivity contribution is 5.76. The quantitative estimate of drug-likeness (QED) is 0.405. The first-order valence-electron chi connectivity index (χ1n) is 8.04. The number of amides is 1. The predicted octanol–water partition coefficient (Wildman–Crippen LogP) is 1.90. The second kappa shape index (κ2) is 8.47. The summed E-state index contributed by atoms with van der Waals surface area (Å²) < 4.78 is 0. The summed E-state index contributed by atoms with van der Waals surface area (Å²) in [6, 6.07) is 6.55. The van der Waals surface area contributed by atoms with E-state index in [1.54, 1.807) is 12.1 Å². The highest BCUT2D eigenvalue weighted by atomic mass is 16.6. The van der Waals surface area contributed by atoms with Crippen molar-refractivity contribution in [3.8, 4) is 0 Å². The molecule has 7 heteroatoms. The molecule has 2 unspecified atom stereocenters. The number of anilines is 1. The lowest BCUT2D eigenvalue weighted by Crippen LogP contribution is -2.48. The molecule has 3 N–H and O–H groups in total. The Morgan fingerprint density at radius 3 is 2.78 bits per heavy atom. The van der Waals surface area contributed by atoms with Gasteiger partial charge < -0.3 is 16.0 Å². The molecule has 1 aromatic rings. The van der Waals surface area contributed by atoms with E-state index in [9.17, 15) is 14.9 Å². The number of nitro groups is 1. The number of benzene rings is 1. The van der Waals surface area contributed by atoms with E-state index in [-0.39, 0.29) is 17.6 Å². The third-order valence-electron chi connectivity index (χ3n) is 4.12. The molecule has 1 saturated heterocycles. The molecule has 7 nitrogen and oxygen atoms in total. The molecular formula is C16H24N4O3. The maximum absolute atomic E-state index is 12.0. The molecule has 0 radical (unpaired) electrons. The van der Waals surface area contributed by atoms with E-state index in [0.717, 1.165) is 31.6 Å². The lowest BCUT2D eigenvalue weighted by molar-refractivity contribution is -0.384. The first kappa shape index (κ1) is 17.2. The molecular weight excluding hydrogens is 296 g/mol. The maximum atomic E-state index is 12.0. The van der Waals surface area contributed by atoms with Crippen molar-refractivity contribution in [1.29, 1.82) is 0 Å². The van der Waals surface area contributed by atoms with Crippen molar-refractivity contribution in [2.75, 3.05) is 25.0 Å². The standard InChI is InChI=1S/C16H24N4O3/c1-12-11-17-10-8-15(12)19-16(21)3-2-9-18-13-4-6-14(7-5-13)20(22)23/h4-7,12,15,17-18H,2-3,8-11H2,1H3,(H,19,21). The fourth-order valence-electron chi connectivity index (χ4n) is 2.69. The molecule has 2 atom stereocenters. The number of nitro benzene ring substituents is 1. The van der Waals surface area contributed by atoms with Gasteiger partial charge in [-0.3, -0.25) is 14.9 Å². The molecule has 1 heterocycles. The number of nitrogens with one attached hydrogen (secondary N) is 3. The number of carbonyl (C=O) groups is 1. The number of hydrogen-bond acceptors (Lipinski definition) is 5. The summed E-state index contributed by atoms with van der Waals surface area (Å²) in [6.07, 6.45) is 2.19. The van der Waals surface area contributed by atoms with Crippen molar-refractivity contribution in [3.05, 3.63) is 34.4 Å². The van der Waals surface area contributed by atoms with Crippen LogP contribution in [0.2, 0.25) is 0 Å². The summed E-state index contributed by atoms with van der Waals surface area (Å²) in [5.41, 5.74) is 0.897. The van der Waals surface area contributed by atoms with E-state index < -0.39 is 4.92 Å². The smallest absolute Gasteiger partial charge is 0.269 e. The summed E-state index contributed by atoms with van der Waals surface area (Å²) in [6.45, 7) is 4.71. The topological polar surface area (TPSA) is 96.3 Å². The number of nitrogens with zero attached hydrogens (tertiary/aromatic N) is 1. The van der Waals surface area contributed by atoms with Crippen molar-refractivity contribution in [1.82, 2.24) is 10.6 Å². The van der Waals surface area contributed by atoms with Crippen LogP contribution in [0.1, 0.15) is 26.2 Å². The maximum Gasteiger partial charge on any atom is 0.269 e. The van der Waals surface area contributed by atoms with E-state index >= 15 is 0 Å². The van der Waals surface area contributed by atoms with Crippen molar-refractivity contribution in [2.24, 2.45) is 5.92 Å². The molecule has 0 bridgehead atoms. The molecule has 23 heavy (non-hydrogen) atoms. The van der Waals surface area contributed by atoms with E-state index in [2.05, 4.69) is 22.9 Å². The average Bonchev–Trinajstić information content (AvgIpc) is 2.54. The minimum absolute atomic E-state index is 0.0750. The van der Waals surface area contributed by atoms with Crippen LogP contribution < -0.4 is 16.0 Å². The molecule has 2 rings (SSSR count). The molecule has 1 aliphatic heterocycles. The van der Waals surface area contributed by atoms with Gasteiger partial charge in [-0.05, 0) is 44.0 Å². The van der Waals surface area contributed by atoms with Gasteiger partial charge in [-0.2, -0.15) is 0 Å². The molecule has 1 amide bonds. The minimum Gasteiger partial charge on any atom is -0.385 e. The van der Waals surface area contributed by atoms with Gasteiger partial charge in [-0.1, -0.05) is 6.92 Å². The summed E-state index contributed by atoms with van der Waals surface area (Å²) >= 11 is 0. The van der Waals surface area contributed by atoms with Crippen LogP contribution in [0.25, 0.3) is 0 Å². The summed E-state index contributed by atoms with van der Waals surface area (Å²) in [5, 5.41) is 20.2. The predicted molar refractivity (Wildman–Crippen MR) is 89.4 cm³/mol. The normalized spacial score (nSPS) is 20.7. The van der Waals surface area contributed by atoms with Gasteiger partial charge in [0.05, 0.1) is 4.92 Å². The van der Waals surface area contributed by atoms with Crippen LogP contribution in [-0.2, 0) is 4.79 Å². The van der Waals surface area contributed by atoms with Gasteiger partial charge in [0, 0.05) is 36.8 Å². The SMILES string of the molecule is CC1CNCCC1NC(=O)CCCNc1ccc([N+](=O)[O-])cc1. The highest BCUT2D eigenvalue weighted by Crippen LogP contribution is 2.15. The van der Waals surface area contributed by atoms with Crippen molar-refractivity contribution >= 4 is 17.3 Å². The Balaban J connectivity index is 1.64. The molecule has 1 aromatic carbocycles. The van der Waals surface area contributed by atoms with Crippen LogP contribution >= 0.6 is 0 Å². The van der Waals surface area contributed by atoms with Crippen LogP contribution in [-0.4, -0.2) is 36.5 Å². The lowest BCUT2D eigenvalue weighted by Gasteiger charge is -2.30. The van der Waals surface area contributed by atoms with E-state index in [1.165, 1.54) is 12.1 Å². The third kappa shape index (κ3) is 5.52. The Kier molecular flexibility index (Phi) is 6.34. The van der Waals surface area contributed by atoms with E-state index in [4.69, 9.17) is 0 Å². The molecule has 126 valence electrons. The van der Waals surface area contributed by atoms with Crippen molar-refractivity contribution < 1.29 is 9.72 Å². The third-order valence-corrected chi connectivity index (χ3v) is 4.12. The Hall–Kier alpha value is -2.15. The first-order chi connectivity index (χ1) is 11.1. The zero-order chi connectivity index (χ0) is 16.7. The van der Waals surface area contributed by atoms with Crippen LogP contribution in [0.15, 0.2) is 24.3 Å². The van der Waals surface area contributed by atoms with E-state index in [0.29, 0.717) is 18.9 Å². The number of hydrogen-bond donors (Lipinski definition) is 3. The molecule has 0 spiro atoms. The van der Waals surface area contributed by atoms with Gasteiger partial charge in [0.15, 0.2) is 0 Å². The fourth-order valence-corrected chi connectivity index (χ4v) is 2.69. The second-order valence-electron chi connectivity index (χ2n) is 5.98. The zero-order valence-electron chi connectivity index (χ0n) is 13.4. The Morgan fingerprint density at radius 1 is 1.39 bits per heavy atom. The molecule has 0 aromatic heterocycles. The number of piperidine rings is 1.